The number of H-pyrrole nitrogens is 1. The van der Waals surface area contributed by atoms with Crippen molar-refractivity contribution in [2.75, 3.05) is 19.0 Å². The average Bonchev–Trinajstić information content (AvgIpc) is 3.02. The van der Waals surface area contributed by atoms with Crippen molar-refractivity contribution in [3.05, 3.63) is 35.9 Å². The Hall–Kier alpha value is -2.57. The molecule has 7 heteroatoms. The predicted octanol–water partition coefficient (Wildman–Crippen LogP) is 2.88. The number of carbonyl (C=O) groups excluding carboxylic acids is 1. The number of hydrogen-bond acceptors (Lipinski definition) is 4. The van der Waals surface area contributed by atoms with Gasteiger partial charge in [-0.3, -0.25) is 5.10 Å². The summed E-state index contributed by atoms with van der Waals surface area (Å²) in [6.45, 7) is 2.57. The molecular weight excluding hydrogens is 294 g/mol. The molecule has 1 aromatic carbocycles. The number of likely N-dealkylation sites (tertiary alicyclic amines) is 1. The van der Waals surface area contributed by atoms with Gasteiger partial charge in [0.05, 0.1) is 13.2 Å². The van der Waals surface area contributed by atoms with Gasteiger partial charge in [0.25, 0.3) is 0 Å². The van der Waals surface area contributed by atoms with Crippen LogP contribution >= 0.6 is 0 Å². The van der Waals surface area contributed by atoms with Crippen LogP contribution < -0.4 is 10.1 Å². The third-order valence-corrected chi connectivity index (χ3v) is 4.02. The highest BCUT2D eigenvalue weighted by Crippen LogP contribution is 2.29. The first-order valence-electron chi connectivity index (χ1n) is 7.78. The zero-order valence-corrected chi connectivity index (χ0v) is 13.4. The predicted molar refractivity (Wildman–Crippen MR) is 86.4 cm³/mol. The molecule has 3 rings (SSSR count). The summed E-state index contributed by atoms with van der Waals surface area (Å²) in [7, 11) is 1.62. The summed E-state index contributed by atoms with van der Waals surface area (Å²) in [4.78, 5) is 18.8. The summed E-state index contributed by atoms with van der Waals surface area (Å²) in [6.07, 6.45) is 2.95. The molecule has 1 atom stereocenters. The minimum absolute atomic E-state index is 0.0769. The summed E-state index contributed by atoms with van der Waals surface area (Å²) >= 11 is 0. The van der Waals surface area contributed by atoms with Crippen LogP contribution in [0.15, 0.2) is 24.3 Å². The molecule has 0 bridgehead atoms. The van der Waals surface area contributed by atoms with Crippen LogP contribution in [0.4, 0.5) is 10.5 Å². The van der Waals surface area contributed by atoms with Crippen molar-refractivity contribution in [1.29, 1.82) is 0 Å². The van der Waals surface area contributed by atoms with E-state index in [2.05, 4.69) is 20.5 Å². The van der Waals surface area contributed by atoms with Crippen LogP contribution in [-0.2, 0) is 0 Å². The van der Waals surface area contributed by atoms with Gasteiger partial charge >= 0.3 is 6.03 Å². The zero-order valence-electron chi connectivity index (χ0n) is 13.4. The Labute approximate surface area is 135 Å². The number of methoxy groups -OCH3 is 1. The highest BCUT2D eigenvalue weighted by atomic mass is 16.5. The number of aryl methyl sites for hydroxylation is 1. The van der Waals surface area contributed by atoms with Gasteiger partial charge in [0.1, 0.15) is 11.6 Å². The molecule has 0 saturated carbocycles. The minimum atomic E-state index is -0.123. The first kappa shape index (κ1) is 15.3. The number of urea groups is 1. The molecule has 0 spiro atoms. The fourth-order valence-corrected chi connectivity index (χ4v) is 2.82. The van der Waals surface area contributed by atoms with E-state index in [9.17, 15) is 4.79 Å². The zero-order chi connectivity index (χ0) is 16.2. The van der Waals surface area contributed by atoms with E-state index in [-0.39, 0.29) is 12.1 Å². The van der Waals surface area contributed by atoms with Gasteiger partial charge in [-0.15, -0.1) is 0 Å². The molecule has 1 aromatic heterocycles. The van der Waals surface area contributed by atoms with Gasteiger partial charge in [-0.1, -0.05) is 0 Å². The number of aromatic nitrogens is 3. The molecule has 23 heavy (non-hydrogen) atoms. The van der Waals surface area contributed by atoms with Crippen molar-refractivity contribution in [1.82, 2.24) is 20.1 Å². The second kappa shape index (κ2) is 6.68. The summed E-state index contributed by atoms with van der Waals surface area (Å²) < 4.78 is 5.12. The van der Waals surface area contributed by atoms with E-state index in [1.54, 1.807) is 7.11 Å². The first-order chi connectivity index (χ1) is 11.2. The summed E-state index contributed by atoms with van der Waals surface area (Å²) in [5.74, 6) is 2.21. The first-order valence-corrected chi connectivity index (χ1v) is 7.78. The van der Waals surface area contributed by atoms with Gasteiger partial charge in [-0.2, -0.15) is 5.10 Å². The number of piperidine rings is 1. The van der Waals surface area contributed by atoms with E-state index < -0.39 is 0 Å². The number of amides is 2. The third-order valence-electron chi connectivity index (χ3n) is 4.02. The fraction of sp³-hybridized carbons (Fsp3) is 0.438. The van der Waals surface area contributed by atoms with Crippen LogP contribution in [0.3, 0.4) is 0 Å². The maximum atomic E-state index is 12.6. The summed E-state index contributed by atoms with van der Waals surface area (Å²) in [5.41, 5.74) is 0.742. The quantitative estimate of drug-likeness (QED) is 0.912. The molecule has 1 aliphatic heterocycles. The maximum absolute atomic E-state index is 12.6. The van der Waals surface area contributed by atoms with Crippen molar-refractivity contribution in [3.8, 4) is 5.75 Å². The number of rotatable bonds is 3. The van der Waals surface area contributed by atoms with E-state index in [1.165, 1.54) is 0 Å². The van der Waals surface area contributed by atoms with E-state index in [0.717, 1.165) is 36.5 Å². The molecule has 2 N–H and O–H groups in total. The molecule has 1 aliphatic rings. The minimum Gasteiger partial charge on any atom is -0.497 e. The fourth-order valence-electron chi connectivity index (χ4n) is 2.82. The molecule has 0 radical (unpaired) electrons. The lowest BCUT2D eigenvalue weighted by Gasteiger charge is -2.34. The topological polar surface area (TPSA) is 83.1 Å². The van der Waals surface area contributed by atoms with Crippen LogP contribution in [0.5, 0.6) is 5.75 Å². The smallest absolute Gasteiger partial charge is 0.322 e. The van der Waals surface area contributed by atoms with E-state index in [1.807, 2.05) is 36.1 Å². The monoisotopic (exact) mass is 315 g/mol. The Bertz CT molecular complexity index is 667. The normalized spacial score (nSPS) is 17.8. The van der Waals surface area contributed by atoms with Gasteiger partial charge < -0.3 is 15.0 Å². The molecular formula is C16H21N5O2. The number of anilines is 1. The van der Waals surface area contributed by atoms with Gasteiger partial charge in [0.15, 0.2) is 5.82 Å². The molecule has 2 aromatic rings. The van der Waals surface area contributed by atoms with Crippen molar-refractivity contribution in [3.63, 3.8) is 0 Å². The largest absolute Gasteiger partial charge is 0.497 e. The van der Waals surface area contributed by atoms with Gasteiger partial charge in [-0.05, 0) is 50.5 Å². The van der Waals surface area contributed by atoms with Crippen LogP contribution in [0.1, 0.15) is 37.0 Å². The standard InChI is InChI=1S/C16H21N5O2/c1-11-17-15(20-19-11)14-5-3-4-10-21(14)16(22)18-12-6-8-13(23-2)9-7-12/h6-9,14H,3-5,10H2,1-2H3,(H,18,22)(H,17,19,20). The Kier molecular flexibility index (Phi) is 4.45. The number of hydrogen-bond donors (Lipinski definition) is 2. The summed E-state index contributed by atoms with van der Waals surface area (Å²) in [5, 5.41) is 10.0. The van der Waals surface area contributed by atoms with Crippen LogP contribution in [0, 0.1) is 6.92 Å². The van der Waals surface area contributed by atoms with Crippen molar-refractivity contribution < 1.29 is 9.53 Å². The van der Waals surface area contributed by atoms with Crippen LogP contribution in [0.25, 0.3) is 0 Å². The average molecular weight is 315 g/mol. The summed E-state index contributed by atoms with van der Waals surface area (Å²) in [6, 6.07) is 7.10. The Morgan fingerprint density at radius 2 is 2.13 bits per heavy atom. The molecule has 2 amide bonds. The number of benzene rings is 1. The Balaban J connectivity index is 1.73. The van der Waals surface area contributed by atoms with Crippen LogP contribution in [0.2, 0.25) is 0 Å². The molecule has 7 nitrogen and oxygen atoms in total. The highest BCUT2D eigenvalue weighted by molar-refractivity contribution is 5.89. The lowest BCUT2D eigenvalue weighted by molar-refractivity contribution is 0.159. The third kappa shape index (κ3) is 3.44. The number of ether oxygens (including phenoxy) is 1. The lowest BCUT2D eigenvalue weighted by atomic mass is 10.0. The van der Waals surface area contributed by atoms with E-state index in [0.29, 0.717) is 12.4 Å². The van der Waals surface area contributed by atoms with Crippen molar-refractivity contribution >= 4 is 11.7 Å². The van der Waals surface area contributed by atoms with Crippen molar-refractivity contribution in [2.24, 2.45) is 0 Å². The molecule has 1 saturated heterocycles. The lowest BCUT2D eigenvalue weighted by Crippen LogP contribution is -2.41. The number of nitrogens with one attached hydrogen (secondary N) is 2. The van der Waals surface area contributed by atoms with Crippen molar-refractivity contribution in [2.45, 2.75) is 32.2 Å². The van der Waals surface area contributed by atoms with Gasteiger partial charge in [0, 0.05) is 12.2 Å². The second-order valence-electron chi connectivity index (χ2n) is 5.64. The number of aromatic amines is 1. The number of carbonyl (C=O) groups is 1. The van der Waals surface area contributed by atoms with E-state index in [4.69, 9.17) is 4.74 Å². The maximum Gasteiger partial charge on any atom is 0.322 e. The Morgan fingerprint density at radius 3 is 2.78 bits per heavy atom. The van der Waals surface area contributed by atoms with Gasteiger partial charge in [-0.25, -0.2) is 9.78 Å². The number of nitrogens with zero attached hydrogens (tertiary/aromatic N) is 3. The molecule has 2 heterocycles. The molecule has 0 aliphatic carbocycles. The molecule has 1 unspecified atom stereocenters. The SMILES string of the molecule is COc1ccc(NC(=O)N2CCCCC2c2n[nH]c(C)n2)cc1. The molecule has 122 valence electrons. The Morgan fingerprint density at radius 1 is 1.35 bits per heavy atom. The van der Waals surface area contributed by atoms with Crippen LogP contribution in [-0.4, -0.2) is 39.8 Å². The van der Waals surface area contributed by atoms with E-state index >= 15 is 0 Å². The highest BCUT2D eigenvalue weighted by Gasteiger charge is 2.30. The second-order valence-corrected chi connectivity index (χ2v) is 5.64. The molecule has 1 fully saturated rings. The van der Waals surface area contributed by atoms with Gasteiger partial charge in [0.2, 0.25) is 0 Å².